The highest BCUT2D eigenvalue weighted by Gasteiger charge is 2.44. The molecule has 0 unspecified atom stereocenters. The van der Waals surface area contributed by atoms with Crippen molar-refractivity contribution in [3.8, 4) is 5.88 Å². The van der Waals surface area contributed by atoms with Gasteiger partial charge in [0.1, 0.15) is 0 Å². The SMILES string of the molecule is COc1cncc(NC(=O)CCN(CC2(C)CCC(c3ccccc3)(N(C)C)CC2)C(=O)NCC2CCC2)n1. The van der Waals surface area contributed by atoms with Crippen LogP contribution in [0.2, 0.25) is 0 Å². The minimum absolute atomic E-state index is 0.00422. The molecule has 0 atom stereocenters. The van der Waals surface area contributed by atoms with Gasteiger partial charge < -0.3 is 20.3 Å². The minimum atomic E-state index is -0.209. The van der Waals surface area contributed by atoms with E-state index >= 15 is 0 Å². The molecule has 1 aromatic carbocycles. The Morgan fingerprint density at radius 3 is 2.41 bits per heavy atom. The molecule has 9 heteroatoms. The van der Waals surface area contributed by atoms with Crippen molar-refractivity contribution in [2.75, 3.05) is 46.2 Å². The number of ether oxygens (including phenoxy) is 1. The second-order valence-corrected chi connectivity index (χ2v) is 11.8. The lowest BCUT2D eigenvalue weighted by molar-refractivity contribution is -0.116. The average molecular weight is 537 g/mol. The third-order valence-electron chi connectivity index (χ3n) is 8.78. The van der Waals surface area contributed by atoms with Crippen molar-refractivity contribution in [1.82, 2.24) is 25.1 Å². The van der Waals surface area contributed by atoms with Crippen molar-refractivity contribution in [3.63, 3.8) is 0 Å². The summed E-state index contributed by atoms with van der Waals surface area (Å²) in [6.45, 7) is 3.95. The fourth-order valence-corrected chi connectivity index (χ4v) is 5.87. The van der Waals surface area contributed by atoms with Crippen LogP contribution in [-0.2, 0) is 10.3 Å². The number of amides is 3. The average Bonchev–Trinajstić information content (AvgIpc) is 2.91. The van der Waals surface area contributed by atoms with Crippen LogP contribution in [0.3, 0.4) is 0 Å². The third-order valence-corrected chi connectivity index (χ3v) is 8.78. The van der Waals surface area contributed by atoms with E-state index in [1.54, 1.807) is 0 Å². The van der Waals surface area contributed by atoms with Gasteiger partial charge in [-0.2, -0.15) is 4.98 Å². The number of methoxy groups -OCH3 is 1. The highest BCUT2D eigenvalue weighted by atomic mass is 16.5. The Labute approximate surface area is 232 Å². The van der Waals surface area contributed by atoms with Crippen molar-refractivity contribution < 1.29 is 14.3 Å². The number of hydrogen-bond acceptors (Lipinski definition) is 6. The first-order chi connectivity index (χ1) is 18.7. The van der Waals surface area contributed by atoms with E-state index in [4.69, 9.17) is 4.74 Å². The lowest BCUT2D eigenvalue weighted by Gasteiger charge is -2.50. The van der Waals surface area contributed by atoms with Gasteiger partial charge in [0, 0.05) is 31.6 Å². The number of aromatic nitrogens is 2. The fraction of sp³-hybridized carbons (Fsp3) is 0.600. The molecule has 0 radical (unpaired) electrons. The van der Waals surface area contributed by atoms with Crippen LogP contribution in [-0.4, -0.2) is 72.5 Å². The van der Waals surface area contributed by atoms with Gasteiger partial charge in [-0.1, -0.05) is 43.7 Å². The van der Waals surface area contributed by atoms with Gasteiger partial charge in [-0.15, -0.1) is 0 Å². The summed E-state index contributed by atoms with van der Waals surface area (Å²) in [6.07, 6.45) is 10.8. The molecule has 2 saturated carbocycles. The Kier molecular flexibility index (Phi) is 9.43. The molecule has 2 aliphatic carbocycles. The smallest absolute Gasteiger partial charge is 0.317 e. The zero-order valence-electron chi connectivity index (χ0n) is 23.9. The van der Waals surface area contributed by atoms with Crippen molar-refractivity contribution in [3.05, 3.63) is 48.3 Å². The Bertz CT molecular complexity index is 1100. The number of carbonyl (C=O) groups is 2. The molecule has 39 heavy (non-hydrogen) atoms. The largest absolute Gasteiger partial charge is 0.480 e. The molecule has 3 amide bonds. The molecule has 0 aliphatic heterocycles. The van der Waals surface area contributed by atoms with E-state index in [-0.39, 0.29) is 29.3 Å². The van der Waals surface area contributed by atoms with Gasteiger partial charge in [0.15, 0.2) is 5.82 Å². The zero-order chi connectivity index (χ0) is 27.9. The van der Waals surface area contributed by atoms with E-state index < -0.39 is 0 Å². The van der Waals surface area contributed by atoms with Crippen molar-refractivity contribution >= 4 is 17.8 Å². The van der Waals surface area contributed by atoms with E-state index in [1.165, 1.54) is 44.3 Å². The van der Waals surface area contributed by atoms with Gasteiger partial charge in [-0.05, 0) is 69.5 Å². The van der Waals surface area contributed by atoms with Gasteiger partial charge >= 0.3 is 6.03 Å². The summed E-state index contributed by atoms with van der Waals surface area (Å²) < 4.78 is 5.09. The van der Waals surface area contributed by atoms with Crippen LogP contribution >= 0.6 is 0 Å². The maximum atomic E-state index is 13.4. The summed E-state index contributed by atoms with van der Waals surface area (Å²) in [5.41, 5.74) is 1.32. The summed E-state index contributed by atoms with van der Waals surface area (Å²) in [4.78, 5) is 38.6. The fourth-order valence-electron chi connectivity index (χ4n) is 5.87. The monoisotopic (exact) mass is 536 g/mol. The number of benzene rings is 1. The lowest BCUT2D eigenvalue weighted by Crippen LogP contribution is -2.51. The first-order valence-corrected chi connectivity index (χ1v) is 14.1. The van der Waals surface area contributed by atoms with E-state index in [0.717, 1.165) is 25.7 Å². The number of nitrogens with one attached hydrogen (secondary N) is 2. The standard InChI is InChI=1S/C30H44N6O3/c1-29(14-16-30(17-15-29,35(2)3)24-11-6-5-7-12-24)22-36(28(38)32-19-23-9-8-10-23)18-13-26(37)33-25-20-31-21-27(34-25)39-4/h5-7,11-12,20-21,23H,8-10,13-19,22H2,1-4H3,(H,32,38)(H,33,34,37). The Hall–Kier alpha value is -3.20. The molecule has 2 fully saturated rings. The molecule has 0 saturated heterocycles. The van der Waals surface area contributed by atoms with Crippen LogP contribution in [0, 0.1) is 11.3 Å². The molecule has 0 bridgehead atoms. The summed E-state index contributed by atoms with van der Waals surface area (Å²) in [5.74, 6) is 1.03. The van der Waals surface area contributed by atoms with Crippen LogP contribution in [0.1, 0.15) is 63.9 Å². The van der Waals surface area contributed by atoms with Crippen molar-refractivity contribution in [2.24, 2.45) is 11.3 Å². The van der Waals surface area contributed by atoms with Crippen molar-refractivity contribution in [1.29, 1.82) is 0 Å². The van der Waals surface area contributed by atoms with E-state index in [2.05, 4.69) is 76.9 Å². The first kappa shape index (κ1) is 28.8. The number of anilines is 1. The maximum Gasteiger partial charge on any atom is 0.317 e. The zero-order valence-corrected chi connectivity index (χ0v) is 23.9. The Morgan fingerprint density at radius 1 is 1.08 bits per heavy atom. The van der Waals surface area contributed by atoms with E-state index in [1.807, 2.05) is 4.90 Å². The molecule has 212 valence electrons. The number of nitrogens with zero attached hydrogens (tertiary/aromatic N) is 4. The van der Waals surface area contributed by atoms with Crippen LogP contribution in [0.25, 0.3) is 0 Å². The molecule has 1 heterocycles. The lowest BCUT2D eigenvalue weighted by atomic mass is 9.65. The summed E-state index contributed by atoms with van der Waals surface area (Å²) in [7, 11) is 5.84. The van der Waals surface area contributed by atoms with Crippen molar-refractivity contribution in [2.45, 2.75) is 63.8 Å². The number of urea groups is 1. The quantitative estimate of drug-likeness (QED) is 0.433. The van der Waals surface area contributed by atoms with Gasteiger partial charge in [-0.3, -0.25) is 14.7 Å². The third kappa shape index (κ3) is 7.26. The van der Waals surface area contributed by atoms with E-state index in [9.17, 15) is 9.59 Å². The predicted octanol–water partition coefficient (Wildman–Crippen LogP) is 4.66. The Balaban J connectivity index is 1.40. The number of hydrogen-bond donors (Lipinski definition) is 2. The van der Waals surface area contributed by atoms with Crippen LogP contribution in [0.15, 0.2) is 42.7 Å². The minimum Gasteiger partial charge on any atom is -0.480 e. The maximum absolute atomic E-state index is 13.4. The van der Waals surface area contributed by atoms with Gasteiger partial charge in [0.05, 0.1) is 19.5 Å². The topological polar surface area (TPSA) is 99.7 Å². The summed E-state index contributed by atoms with van der Waals surface area (Å²) in [5, 5.41) is 5.93. The highest BCUT2D eigenvalue weighted by molar-refractivity contribution is 5.90. The van der Waals surface area contributed by atoms with Gasteiger partial charge in [-0.25, -0.2) is 4.79 Å². The van der Waals surface area contributed by atoms with E-state index in [0.29, 0.717) is 37.3 Å². The van der Waals surface area contributed by atoms with Crippen LogP contribution in [0.5, 0.6) is 5.88 Å². The predicted molar refractivity (Wildman–Crippen MR) is 153 cm³/mol. The molecule has 1 aromatic heterocycles. The molecule has 4 rings (SSSR count). The highest BCUT2D eigenvalue weighted by Crippen LogP contribution is 2.48. The molecule has 2 N–H and O–H groups in total. The van der Waals surface area contributed by atoms with Gasteiger partial charge in [0.2, 0.25) is 11.8 Å². The molecule has 2 aliphatic rings. The summed E-state index contributed by atoms with van der Waals surface area (Å²) in [6, 6.07) is 10.7. The summed E-state index contributed by atoms with van der Waals surface area (Å²) >= 11 is 0. The Morgan fingerprint density at radius 2 is 1.79 bits per heavy atom. The molecular formula is C30H44N6O3. The number of carbonyl (C=O) groups excluding carboxylic acids is 2. The normalized spacial score (nSPS) is 23.1. The first-order valence-electron chi connectivity index (χ1n) is 14.1. The van der Waals surface area contributed by atoms with Crippen LogP contribution < -0.4 is 15.4 Å². The van der Waals surface area contributed by atoms with Gasteiger partial charge in [0.25, 0.3) is 0 Å². The molecule has 0 spiro atoms. The number of rotatable bonds is 11. The second kappa shape index (κ2) is 12.8. The second-order valence-electron chi connectivity index (χ2n) is 11.8. The van der Waals surface area contributed by atoms with Crippen LogP contribution in [0.4, 0.5) is 10.6 Å². The molecular weight excluding hydrogens is 492 g/mol. The molecule has 9 nitrogen and oxygen atoms in total. The molecule has 2 aromatic rings.